The van der Waals surface area contributed by atoms with Gasteiger partial charge in [0.2, 0.25) is 0 Å². The van der Waals surface area contributed by atoms with Crippen LogP contribution >= 0.6 is 0 Å². The number of hydrogen-bond donors (Lipinski definition) is 2. The fraction of sp³-hybridized carbons (Fsp3) is 0.897. The molecule has 4 rings (SSSR count). The van der Waals surface area contributed by atoms with Crippen molar-refractivity contribution in [3.8, 4) is 0 Å². The van der Waals surface area contributed by atoms with Crippen LogP contribution < -0.4 is 0 Å². The van der Waals surface area contributed by atoms with Gasteiger partial charge in [-0.2, -0.15) is 26.3 Å². The average molecular weight is 553 g/mol. The lowest BCUT2D eigenvalue weighted by Crippen LogP contribution is -2.54. The Bertz CT molecular complexity index is 899. The zero-order valence-corrected chi connectivity index (χ0v) is 22.5. The van der Waals surface area contributed by atoms with E-state index in [0.717, 1.165) is 32.1 Å². The molecule has 0 amide bonds. The minimum absolute atomic E-state index is 0.0216. The van der Waals surface area contributed by atoms with Crippen LogP contribution in [0.1, 0.15) is 91.4 Å². The number of alkyl halides is 6. The molecular formula is C29H42F6O3. The highest BCUT2D eigenvalue weighted by molar-refractivity contribution is 5.67. The third-order valence-electron chi connectivity index (χ3n) is 11.5. The van der Waals surface area contributed by atoms with E-state index in [0.29, 0.717) is 37.0 Å². The number of aliphatic hydroxyl groups excluding tert-OH is 1. The van der Waals surface area contributed by atoms with Crippen molar-refractivity contribution in [1.29, 1.82) is 0 Å². The number of allylic oxidation sites excluding steroid dienone is 1. The largest absolute Gasteiger partial charge is 0.481 e. The second-order valence-corrected chi connectivity index (χ2v) is 13.3. The summed E-state index contributed by atoms with van der Waals surface area (Å²) < 4.78 is 77.9. The predicted octanol–water partition coefficient (Wildman–Crippen LogP) is 8.17. The van der Waals surface area contributed by atoms with Gasteiger partial charge >= 0.3 is 18.3 Å². The second kappa shape index (κ2) is 10.3. The van der Waals surface area contributed by atoms with Crippen LogP contribution in [-0.4, -0.2) is 34.6 Å². The van der Waals surface area contributed by atoms with Gasteiger partial charge in [-0.15, -0.1) is 0 Å². The van der Waals surface area contributed by atoms with E-state index in [2.05, 4.69) is 19.9 Å². The minimum atomic E-state index is -5.28. The Morgan fingerprint density at radius 1 is 1.05 bits per heavy atom. The fourth-order valence-corrected chi connectivity index (χ4v) is 9.72. The zero-order valence-electron chi connectivity index (χ0n) is 22.5. The maximum absolute atomic E-state index is 13.0. The maximum Gasteiger partial charge on any atom is 0.400 e. The Morgan fingerprint density at radius 3 is 2.32 bits per heavy atom. The third-order valence-corrected chi connectivity index (χ3v) is 11.5. The number of hydrogen-bond acceptors (Lipinski definition) is 2. The lowest BCUT2D eigenvalue weighted by Gasteiger charge is -2.60. The van der Waals surface area contributed by atoms with E-state index in [-0.39, 0.29) is 41.4 Å². The molecule has 0 aromatic rings. The van der Waals surface area contributed by atoms with Crippen molar-refractivity contribution >= 4 is 5.97 Å². The highest BCUT2D eigenvalue weighted by Gasteiger charge is 2.61. The molecule has 1 unspecified atom stereocenters. The van der Waals surface area contributed by atoms with Gasteiger partial charge in [-0.3, -0.25) is 4.79 Å². The molecule has 0 heterocycles. The monoisotopic (exact) mass is 552 g/mol. The first-order valence-corrected chi connectivity index (χ1v) is 14.2. The van der Waals surface area contributed by atoms with Gasteiger partial charge < -0.3 is 10.2 Å². The lowest BCUT2D eigenvalue weighted by atomic mass is 9.44. The summed E-state index contributed by atoms with van der Waals surface area (Å²) in [5.41, 5.74) is 0.904. The molecule has 9 heteroatoms. The van der Waals surface area contributed by atoms with E-state index >= 15 is 0 Å². The van der Waals surface area contributed by atoms with Crippen molar-refractivity contribution in [2.24, 2.45) is 52.3 Å². The van der Waals surface area contributed by atoms with Crippen LogP contribution in [0.15, 0.2) is 11.6 Å². The Balaban J connectivity index is 1.47. The summed E-state index contributed by atoms with van der Waals surface area (Å²) in [5.74, 6) is -2.83. The molecule has 0 aromatic carbocycles. The first-order chi connectivity index (χ1) is 17.5. The highest BCUT2D eigenvalue weighted by Crippen LogP contribution is 2.68. The summed E-state index contributed by atoms with van der Waals surface area (Å²) >= 11 is 0. The van der Waals surface area contributed by atoms with Crippen molar-refractivity contribution in [2.45, 2.75) is 110 Å². The zero-order chi connectivity index (χ0) is 28.3. The third kappa shape index (κ3) is 5.26. The number of carboxylic acids is 1. The van der Waals surface area contributed by atoms with Crippen LogP contribution in [0.3, 0.4) is 0 Å². The van der Waals surface area contributed by atoms with Crippen LogP contribution in [0.25, 0.3) is 0 Å². The van der Waals surface area contributed by atoms with E-state index in [1.807, 2.05) is 6.92 Å². The predicted molar refractivity (Wildman–Crippen MR) is 131 cm³/mol. The van der Waals surface area contributed by atoms with Crippen molar-refractivity contribution < 1.29 is 41.4 Å². The van der Waals surface area contributed by atoms with E-state index in [9.17, 15) is 41.4 Å². The summed E-state index contributed by atoms with van der Waals surface area (Å²) in [6, 6.07) is 0. The van der Waals surface area contributed by atoms with Crippen LogP contribution in [-0.2, 0) is 4.79 Å². The standard InChI is InChI=1S/C29H42F6O3/c1-16(5-4-6-24(28(30,31)32)29(33,34)35)21-9-10-22-20-8-7-17-13-19(36)14-18(15-25(37)38)27(17,3)23(20)11-12-26(21,22)2/h7,16,18-24,36H,4-6,8-15H2,1-3H3,(H,37,38)/t16-,18?,19-,20+,21-,22+,23+,26-,27-/m1/s1. The molecule has 38 heavy (non-hydrogen) atoms. The van der Waals surface area contributed by atoms with Gasteiger partial charge in [-0.05, 0) is 97.7 Å². The van der Waals surface area contributed by atoms with Crippen LogP contribution in [0.5, 0.6) is 0 Å². The quantitative estimate of drug-likeness (QED) is 0.247. The van der Waals surface area contributed by atoms with Crippen LogP contribution in [0.4, 0.5) is 26.3 Å². The number of halogens is 6. The van der Waals surface area contributed by atoms with Gasteiger partial charge in [0.25, 0.3) is 0 Å². The van der Waals surface area contributed by atoms with Crippen LogP contribution in [0.2, 0.25) is 0 Å². The molecule has 3 fully saturated rings. The molecule has 2 N–H and O–H groups in total. The van der Waals surface area contributed by atoms with E-state index in [1.165, 1.54) is 5.57 Å². The average Bonchev–Trinajstić information content (AvgIpc) is 3.12. The first kappa shape index (κ1) is 29.7. The highest BCUT2D eigenvalue weighted by atomic mass is 19.4. The minimum Gasteiger partial charge on any atom is -0.481 e. The number of aliphatic carboxylic acids is 1. The molecule has 0 aromatic heterocycles. The summed E-state index contributed by atoms with van der Waals surface area (Å²) in [7, 11) is 0. The number of carbonyl (C=O) groups is 1. The molecule has 4 aliphatic rings. The lowest BCUT2D eigenvalue weighted by molar-refractivity contribution is -0.286. The SMILES string of the molecule is C[C@H](CCCC(C(F)(F)F)C(F)(F)F)[C@H]1CC[C@H]2[C@@H]3CC=C4C[C@@H](O)CC(CC(=O)O)[C@]4(C)[C@H]3CC[C@]12C. The molecule has 0 radical (unpaired) electrons. The van der Waals surface area contributed by atoms with Crippen LogP contribution in [0, 0.1) is 52.3 Å². The maximum atomic E-state index is 13.0. The summed E-state index contributed by atoms with van der Waals surface area (Å²) in [6.45, 7) is 6.47. The van der Waals surface area contributed by atoms with Gasteiger partial charge in [-0.1, -0.05) is 45.3 Å². The molecule has 0 spiro atoms. The fourth-order valence-electron chi connectivity index (χ4n) is 9.72. The van der Waals surface area contributed by atoms with Crippen molar-refractivity contribution in [3.63, 3.8) is 0 Å². The molecular weight excluding hydrogens is 510 g/mol. The molecule has 3 nitrogen and oxygen atoms in total. The number of fused-ring (bicyclic) bond motifs is 5. The molecule has 0 saturated heterocycles. The van der Waals surface area contributed by atoms with E-state index in [1.54, 1.807) is 0 Å². The Hall–Kier alpha value is -1.25. The summed E-state index contributed by atoms with van der Waals surface area (Å²) in [5, 5.41) is 20.1. The van der Waals surface area contributed by atoms with Crippen molar-refractivity contribution in [2.75, 3.05) is 0 Å². The van der Waals surface area contributed by atoms with Gasteiger partial charge in [-0.25, -0.2) is 0 Å². The Morgan fingerprint density at radius 2 is 1.71 bits per heavy atom. The van der Waals surface area contributed by atoms with Gasteiger partial charge in [0.15, 0.2) is 5.92 Å². The van der Waals surface area contributed by atoms with Crippen molar-refractivity contribution in [1.82, 2.24) is 0 Å². The smallest absolute Gasteiger partial charge is 0.400 e. The number of carboxylic acid groups (broad SMARTS) is 1. The second-order valence-electron chi connectivity index (χ2n) is 13.3. The molecule has 0 bridgehead atoms. The normalized spacial score (nSPS) is 40.2. The molecule has 3 saturated carbocycles. The van der Waals surface area contributed by atoms with E-state index < -0.39 is 36.8 Å². The van der Waals surface area contributed by atoms with E-state index in [4.69, 9.17) is 0 Å². The first-order valence-electron chi connectivity index (χ1n) is 14.2. The Kier molecular flexibility index (Phi) is 8.05. The molecule has 4 aliphatic carbocycles. The van der Waals surface area contributed by atoms with Crippen molar-refractivity contribution in [3.05, 3.63) is 11.6 Å². The summed E-state index contributed by atoms with van der Waals surface area (Å²) in [6.07, 6.45) is -3.69. The number of rotatable bonds is 7. The summed E-state index contributed by atoms with van der Waals surface area (Å²) in [4.78, 5) is 11.7. The molecule has 9 atom stereocenters. The number of aliphatic hydroxyl groups is 1. The van der Waals surface area contributed by atoms with Gasteiger partial charge in [0.05, 0.1) is 6.10 Å². The molecule has 218 valence electrons. The topological polar surface area (TPSA) is 57.5 Å². The van der Waals surface area contributed by atoms with Gasteiger partial charge in [0, 0.05) is 6.42 Å². The van der Waals surface area contributed by atoms with Gasteiger partial charge in [0.1, 0.15) is 0 Å². The molecule has 0 aliphatic heterocycles. The Labute approximate surface area is 221 Å².